The smallest absolute Gasteiger partial charge is 0.123 e. The molecule has 3 heteroatoms. The molecule has 0 amide bonds. The Balaban J connectivity index is 3.24. The number of pyridine rings is 1. The molecule has 54 valence electrons. The highest BCUT2D eigenvalue weighted by Crippen LogP contribution is 2.05. The van der Waals surface area contributed by atoms with Gasteiger partial charge in [0.2, 0.25) is 0 Å². The normalized spacial score (nSPS) is 15.5. The lowest BCUT2D eigenvalue weighted by Gasteiger charge is -2.00. The van der Waals surface area contributed by atoms with Crippen molar-refractivity contribution in [1.29, 1.82) is 0 Å². The van der Waals surface area contributed by atoms with E-state index in [1.54, 1.807) is 6.07 Å². The van der Waals surface area contributed by atoms with Gasteiger partial charge in [-0.15, -0.1) is 0 Å². The molecule has 4 N–H and O–H groups in total. The van der Waals surface area contributed by atoms with Gasteiger partial charge in [-0.2, -0.15) is 0 Å². The third-order valence-electron chi connectivity index (χ3n) is 1.22. The van der Waals surface area contributed by atoms with E-state index in [0.29, 0.717) is 5.56 Å². The molecular formula is C7H11N3. The van der Waals surface area contributed by atoms with Crippen LogP contribution in [0.2, 0.25) is 0 Å². The van der Waals surface area contributed by atoms with Gasteiger partial charge in [0, 0.05) is 16.4 Å². The second-order valence-electron chi connectivity index (χ2n) is 1.95. The average Bonchev–Trinajstić information content (AvgIpc) is 2.03. The lowest BCUT2D eigenvalue weighted by molar-refractivity contribution is 1.01. The van der Waals surface area contributed by atoms with Crippen LogP contribution in [0.4, 0.5) is 5.82 Å². The Morgan fingerprint density at radius 3 is 3.10 bits per heavy atom. The van der Waals surface area contributed by atoms with E-state index in [0.717, 1.165) is 0 Å². The maximum absolute atomic E-state index is 7.17. The number of nitrogen functional groups attached to an aromatic ring is 1. The van der Waals surface area contributed by atoms with Gasteiger partial charge in [0.15, 0.2) is 0 Å². The molecule has 1 aromatic heterocycles. The van der Waals surface area contributed by atoms with Gasteiger partial charge in [-0.3, -0.25) is 0 Å². The highest BCUT2D eigenvalue weighted by Gasteiger charge is 1.95. The zero-order chi connectivity index (χ0) is 10.1. The fourth-order valence-corrected chi connectivity index (χ4v) is 0.668. The van der Waals surface area contributed by atoms with E-state index in [1.165, 1.54) is 6.07 Å². The predicted octanol–water partition coefficient (Wildman–Crippen LogP) is 0.431. The SMILES string of the molecule is [2H]C([2H])([2H])c1nc(N)ccc1CN. The molecule has 1 rings (SSSR count). The van der Waals surface area contributed by atoms with Crippen LogP contribution in [0.3, 0.4) is 0 Å². The molecule has 0 aromatic carbocycles. The van der Waals surface area contributed by atoms with Crippen LogP contribution < -0.4 is 11.5 Å². The van der Waals surface area contributed by atoms with Crippen molar-refractivity contribution < 1.29 is 4.11 Å². The maximum Gasteiger partial charge on any atom is 0.123 e. The molecule has 0 unspecified atom stereocenters. The summed E-state index contributed by atoms with van der Waals surface area (Å²) in [7, 11) is 0. The number of nitrogens with zero attached hydrogens (tertiary/aromatic N) is 1. The molecule has 0 saturated carbocycles. The van der Waals surface area contributed by atoms with E-state index in [-0.39, 0.29) is 18.1 Å². The Labute approximate surface area is 64.3 Å². The van der Waals surface area contributed by atoms with Gasteiger partial charge in [-0.1, -0.05) is 6.07 Å². The first kappa shape index (κ1) is 3.93. The molecule has 10 heavy (non-hydrogen) atoms. The summed E-state index contributed by atoms with van der Waals surface area (Å²) in [6.07, 6.45) is 0. The first-order chi connectivity index (χ1) is 5.95. The van der Waals surface area contributed by atoms with Gasteiger partial charge in [-0.05, 0) is 18.5 Å². The van der Waals surface area contributed by atoms with Gasteiger partial charge in [0.05, 0.1) is 0 Å². The number of rotatable bonds is 1. The van der Waals surface area contributed by atoms with E-state index >= 15 is 0 Å². The summed E-state index contributed by atoms with van der Waals surface area (Å²) in [5, 5.41) is 0. The van der Waals surface area contributed by atoms with Crippen LogP contribution in [0.1, 0.15) is 15.4 Å². The Bertz CT molecular complexity index is 308. The second kappa shape index (κ2) is 2.66. The van der Waals surface area contributed by atoms with E-state index in [2.05, 4.69) is 4.98 Å². The predicted molar refractivity (Wildman–Crippen MR) is 41.3 cm³/mol. The van der Waals surface area contributed by atoms with E-state index in [1.807, 2.05) is 0 Å². The minimum absolute atomic E-state index is 0.00463. The monoisotopic (exact) mass is 140 g/mol. The molecule has 0 fully saturated rings. The number of hydrogen-bond donors (Lipinski definition) is 2. The van der Waals surface area contributed by atoms with Gasteiger partial charge in [-0.25, -0.2) is 4.98 Å². The Hall–Kier alpha value is -1.09. The van der Waals surface area contributed by atoms with Crippen LogP contribution in [0, 0.1) is 6.85 Å². The molecule has 1 heterocycles. The largest absolute Gasteiger partial charge is 0.384 e. The topological polar surface area (TPSA) is 64.9 Å². The van der Waals surface area contributed by atoms with E-state index in [4.69, 9.17) is 15.6 Å². The minimum Gasteiger partial charge on any atom is -0.384 e. The lowest BCUT2D eigenvalue weighted by Crippen LogP contribution is -2.02. The third kappa shape index (κ3) is 1.25. The van der Waals surface area contributed by atoms with Crippen LogP contribution in [-0.4, -0.2) is 4.98 Å². The highest BCUT2D eigenvalue weighted by atomic mass is 14.8. The van der Waals surface area contributed by atoms with Crippen molar-refractivity contribution in [3.63, 3.8) is 0 Å². The standard InChI is InChI=1S/C7H11N3/c1-5-6(4-8)2-3-7(9)10-5/h2-3H,4,8H2,1H3,(H2,9,10)/i1D3. The van der Waals surface area contributed by atoms with Crippen LogP contribution in [0.15, 0.2) is 12.1 Å². The van der Waals surface area contributed by atoms with Crippen molar-refractivity contribution in [3.8, 4) is 0 Å². The number of anilines is 1. The van der Waals surface area contributed by atoms with Crippen LogP contribution in [0.5, 0.6) is 0 Å². The number of nitrogens with two attached hydrogens (primary N) is 2. The van der Waals surface area contributed by atoms with Gasteiger partial charge < -0.3 is 11.5 Å². The molecular weight excluding hydrogens is 126 g/mol. The zero-order valence-corrected chi connectivity index (χ0v) is 5.46. The quantitative estimate of drug-likeness (QED) is 0.594. The molecule has 0 radical (unpaired) electrons. The summed E-state index contributed by atoms with van der Waals surface area (Å²) >= 11 is 0. The van der Waals surface area contributed by atoms with Gasteiger partial charge in [0.25, 0.3) is 0 Å². The minimum atomic E-state index is -2.25. The molecule has 0 saturated heterocycles. The summed E-state index contributed by atoms with van der Waals surface area (Å²) in [4.78, 5) is 3.75. The van der Waals surface area contributed by atoms with Crippen molar-refractivity contribution in [2.24, 2.45) is 5.73 Å². The zero-order valence-electron chi connectivity index (χ0n) is 8.46. The summed E-state index contributed by atoms with van der Waals surface area (Å²) in [6, 6.07) is 3.13. The van der Waals surface area contributed by atoms with Crippen molar-refractivity contribution in [3.05, 3.63) is 23.4 Å². The van der Waals surface area contributed by atoms with Crippen LogP contribution in [0.25, 0.3) is 0 Å². The van der Waals surface area contributed by atoms with Gasteiger partial charge >= 0.3 is 0 Å². The highest BCUT2D eigenvalue weighted by molar-refractivity contribution is 5.33. The number of aromatic nitrogens is 1. The van der Waals surface area contributed by atoms with Crippen LogP contribution >= 0.6 is 0 Å². The first-order valence-corrected chi connectivity index (χ1v) is 2.91. The molecule has 0 aliphatic rings. The van der Waals surface area contributed by atoms with Crippen LogP contribution in [-0.2, 0) is 6.54 Å². The molecule has 0 aliphatic carbocycles. The number of hydrogen-bond acceptors (Lipinski definition) is 3. The summed E-state index contributed by atoms with van der Waals surface area (Å²) in [5.74, 6) is 0.198. The Morgan fingerprint density at radius 2 is 2.50 bits per heavy atom. The van der Waals surface area contributed by atoms with Gasteiger partial charge in [0.1, 0.15) is 5.82 Å². The van der Waals surface area contributed by atoms with Crippen molar-refractivity contribution >= 4 is 5.82 Å². The fraction of sp³-hybridized carbons (Fsp3) is 0.286. The lowest BCUT2D eigenvalue weighted by atomic mass is 10.2. The van der Waals surface area contributed by atoms with Crippen molar-refractivity contribution in [2.75, 3.05) is 5.73 Å². The fourth-order valence-electron chi connectivity index (χ4n) is 0.668. The average molecular weight is 140 g/mol. The Kier molecular flexibility index (Phi) is 1.05. The molecule has 0 bridgehead atoms. The molecule has 0 spiro atoms. The molecule has 1 aromatic rings. The van der Waals surface area contributed by atoms with E-state index < -0.39 is 6.85 Å². The summed E-state index contributed by atoms with van der Waals surface area (Å²) < 4.78 is 21.5. The number of aryl methyl sites for hydroxylation is 1. The molecule has 0 atom stereocenters. The summed E-state index contributed by atoms with van der Waals surface area (Å²) in [5.41, 5.74) is 11.2. The third-order valence-corrected chi connectivity index (χ3v) is 1.22. The Morgan fingerprint density at radius 1 is 1.70 bits per heavy atom. The van der Waals surface area contributed by atoms with Crippen molar-refractivity contribution in [1.82, 2.24) is 4.98 Å². The molecule has 0 aliphatic heterocycles. The maximum atomic E-state index is 7.17. The summed E-state index contributed by atoms with van der Waals surface area (Å²) in [6.45, 7) is -2.09. The molecule has 3 nitrogen and oxygen atoms in total. The van der Waals surface area contributed by atoms with E-state index in [9.17, 15) is 0 Å². The second-order valence-corrected chi connectivity index (χ2v) is 1.95. The van der Waals surface area contributed by atoms with Crippen molar-refractivity contribution in [2.45, 2.75) is 13.4 Å². The first-order valence-electron chi connectivity index (χ1n) is 4.41.